The van der Waals surface area contributed by atoms with Crippen LogP contribution in [0, 0.1) is 22.7 Å². The fourth-order valence-electron chi connectivity index (χ4n) is 6.70. The van der Waals surface area contributed by atoms with E-state index in [2.05, 4.69) is 13.0 Å². The molecule has 0 aromatic rings. The maximum Gasteiger partial charge on any atom is 0.172 e. The normalized spacial score (nSPS) is 43.2. The zero-order valence-corrected chi connectivity index (χ0v) is 16.6. The summed E-state index contributed by atoms with van der Waals surface area (Å²) in [6.07, 6.45) is 9.30. The lowest BCUT2D eigenvalue weighted by molar-refractivity contribution is -0.154. The highest BCUT2D eigenvalue weighted by Crippen LogP contribution is 2.65. The summed E-state index contributed by atoms with van der Waals surface area (Å²) in [4.78, 5) is 36.2. The van der Waals surface area contributed by atoms with Gasteiger partial charge in [-0.1, -0.05) is 31.1 Å². The predicted octanol–water partition coefficient (Wildman–Crippen LogP) is 3.72. The van der Waals surface area contributed by atoms with Gasteiger partial charge in [0, 0.05) is 17.3 Å². The first-order valence-electron chi connectivity index (χ1n) is 10.3. The number of hydrogen-bond acceptors (Lipinski definition) is 4. The van der Waals surface area contributed by atoms with Crippen LogP contribution in [0.25, 0.3) is 0 Å². The smallest absolute Gasteiger partial charge is 0.172 e. The molecular weight excluding hydrogens is 340 g/mol. The molecule has 4 aliphatic carbocycles. The molecule has 27 heavy (non-hydrogen) atoms. The van der Waals surface area contributed by atoms with E-state index < -0.39 is 11.0 Å². The quantitative estimate of drug-likeness (QED) is 0.607. The Balaban J connectivity index is 1.71. The van der Waals surface area contributed by atoms with E-state index >= 15 is 0 Å². The lowest BCUT2D eigenvalue weighted by atomic mass is 9.50. The Bertz CT molecular complexity index is 790. The van der Waals surface area contributed by atoms with Gasteiger partial charge in [-0.3, -0.25) is 14.4 Å². The van der Waals surface area contributed by atoms with Gasteiger partial charge in [0.05, 0.1) is 6.42 Å². The molecule has 0 aliphatic heterocycles. The number of allylic oxidation sites excluding steroid dienone is 4. The molecule has 0 amide bonds. The summed E-state index contributed by atoms with van der Waals surface area (Å²) >= 11 is 0. The second-order valence-corrected chi connectivity index (χ2v) is 9.70. The molecule has 4 aliphatic rings. The van der Waals surface area contributed by atoms with Crippen LogP contribution < -0.4 is 0 Å². The topological polar surface area (TPSA) is 71.4 Å². The Hall–Kier alpha value is -1.55. The van der Waals surface area contributed by atoms with E-state index in [1.54, 1.807) is 0 Å². The van der Waals surface area contributed by atoms with Crippen molar-refractivity contribution in [2.24, 2.45) is 22.7 Å². The van der Waals surface area contributed by atoms with Gasteiger partial charge < -0.3 is 5.11 Å². The zero-order valence-electron chi connectivity index (χ0n) is 16.6. The average Bonchev–Trinajstić information content (AvgIpc) is 2.88. The predicted molar refractivity (Wildman–Crippen MR) is 102 cm³/mol. The van der Waals surface area contributed by atoms with E-state index in [0.717, 1.165) is 25.7 Å². The Labute approximate surface area is 161 Å². The van der Waals surface area contributed by atoms with Crippen LogP contribution in [0.3, 0.4) is 0 Å². The summed E-state index contributed by atoms with van der Waals surface area (Å²) in [5.74, 6) is 0.377. The summed E-state index contributed by atoms with van der Waals surface area (Å²) in [7, 11) is 0. The summed E-state index contributed by atoms with van der Waals surface area (Å²) in [5.41, 5.74) is 0.757. The number of ketones is 3. The third-order valence-corrected chi connectivity index (χ3v) is 8.36. The Kier molecular flexibility index (Phi) is 4.16. The SMILES string of the molecule is CC(=O)CC(=O)[C@@]1(O)CC[C@H]2[C@@H]3CCC4=CC(=O)CC[C@]4(C)C3=CC[C@@]21C. The number of carbonyl (C=O) groups excluding carboxylic acids is 3. The van der Waals surface area contributed by atoms with Crippen molar-refractivity contribution < 1.29 is 19.5 Å². The molecule has 0 heterocycles. The van der Waals surface area contributed by atoms with E-state index in [9.17, 15) is 19.5 Å². The third-order valence-electron chi connectivity index (χ3n) is 8.36. The van der Waals surface area contributed by atoms with Gasteiger partial charge in [-0.25, -0.2) is 0 Å². The zero-order chi connectivity index (χ0) is 19.6. The van der Waals surface area contributed by atoms with Gasteiger partial charge in [-0.2, -0.15) is 0 Å². The van der Waals surface area contributed by atoms with Crippen molar-refractivity contribution in [2.75, 3.05) is 0 Å². The maximum absolute atomic E-state index is 12.8. The number of aliphatic hydroxyl groups is 1. The largest absolute Gasteiger partial charge is 0.381 e. The van der Waals surface area contributed by atoms with E-state index in [1.165, 1.54) is 18.1 Å². The first-order valence-corrected chi connectivity index (χ1v) is 10.3. The summed E-state index contributed by atoms with van der Waals surface area (Å²) in [5, 5.41) is 11.4. The van der Waals surface area contributed by atoms with Gasteiger partial charge in [0.25, 0.3) is 0 Å². The van der Waals surface area contributed by atoms with Crippen molar-refractivity contribution in [1.29, 1.82) is 0 Å². The Morgan fingerprint density at radius 2 is 1.93 bits per heavy atom. The second-order valence-electron chi connectivity index (χ2n) is 9.70. The van der Waals surface area contributed by atoms with Gasteiger partial charge in [-0.05, 0) is 63.4 Å². The highest BCUT2D eigenvalue weighted by atomic mass is 16.3. The molecule has 4 heteroatoms. The molecule has 4 rings (SSSR count). The van der Waals surface area contributed by atoms with Gasteiger partial charge in [0.2, 0.25) is 0 Å². The van der Waals surface area contributed by atoms with Crippen molar-refractivity contribution in [3.05, 3.63) is 23.3 Å². The number of Topliss-reactive ketones (excluding diaryl/α,β-unsaturated/α-hetero) is 2. The molecule has 0 spiro atoms. The van der Waals surface area contributed by atoms with Crippen LogP contribution in [0.1, 0.15) is 72.1 Å². The molecule has 0 saturated heterocycles. The lowest BCUT2D eigenvalue weighted by Crippen LogP contribution is -2.55. The van der Waals surface area contributed by atoms with E-state index in [4.69, 9.17) is 0 Å². The fraction of sp³-hybridized carbons (Fsp3) is 0.696. The molecule has 0 bridgehead atoms. The Morgan fingerprint density at radius 3 is 2.63 bits per heavy atom. The van der Waals surface area contributed by atoms with Crippen LogP contribution in [-0.2, 0) is 14.4 Å². The third kappa shape index (κ3) is 2.48. The van der Waals surface area contributed by atoms with E-state index in [1.807, 2.05) is 13.0 Å². The molecule has 0 aromatic carbocycles. The first kappa shape index (κ1) is 18.8. The average molecular weight is 370 g/mol. The first-order chi connectivity index (χ1) is 12.6. The van der Waals surface area contributed by atoms with Crippen LogP contribution >= 0.6 is 0 Å². The van der Waals surface area contributed by atoms with Crippen molar-refractivity contribution in [3.8, 4) is 0 Å². The Morgan fingerprint density at radius 1 is 1.19 bits per heavy atom. The fourth-order valence-corrected chi connectivity index (χ4v) is 6.70. The standard InChI is InChI=1S/C23H30O4/c1-14(24)12-20(26)23(27)11-8-19-17-5-4-15-13-16(25)6-9-21(15,2)18(17)7-10-22(19,23)3/h7,13,17,19,27H,4-6,8-12H2,1-3H3/t17-,19+,21+,22+,23+/m1/s1. The van der Waals surface area contributed by atoms with Crippen LogP contribution in [0.2, 0.25) is 0 Å². The minimum Gasteiger partial charge on any atom is -0.381 e. The van der Waals surface area contributed by atoms with Gasteiger partial charge in [-0.15, -0.1) is 0 Å². The highest BCUT2D eigenvalue weighted by Gasteiger charge is 2.64. The summed E-state index contributed by atoms with van der Waals surface area (Å²) < 4.78 is 0. The van der Waals surface area contributed by atoms with E-state index in [-0.39, 0.29) is 35.1 Å². The summed E-state index contributed by atoms with van der Waals surface area (Å²) in [6, 6.07) is 0. The molecule has 2 saturated carbocycles. The van der Waals surface area contributed by atoms with Crippen molar-refractivity contribution in [3.63, 3.8) is 0 Å². The van der Waals surface area contributed by atoms with Crippen LogP contribution in [0.4, 0.5) is 0 Å². The molecule has 0 radical (unpaired) electrons. The van der Waals surface area contributed by atoms with Gasteiger partial charge >= 0.3 is 0 Å². The van der Waals surface area contributed by atoms with Crippen molar-refractivity contribution in [2.45, 2.75) is 77.7 Å². The molecule has 2 fully saturated rings. The molecule has 146 valence electrons. The minimum atomic E-state index is -1.40. The van der Waals surface area contributed by atoms with Crippen molar-refractivity contribution >= 4 is 17.3 Å². The molecule has 0 unspecified atom stereocenters. The van der Waals surface area contributed by atoms with E-state index in [0.29, 0.717) is 25.2 Å². The number of hydrogen-bond donors (Lipinski definition) is 1. The summed E-state index contributed by atoms with van der Waals surface area (Å²) in [6.45, 7) is 5.73. The lowest BCUT2D eigenvalue weighted by Gasteiger charge is -2.54. The molecular formula is C23H30O4. The molecule has 5 atom stereocenters. The second kappa shape index (κ2) is 5.97. The number of fused-ring (bicyclic) bond motifs is 5. The van der Waals surface area contributed by atoms with Crippen LogP contribution in [0.15, 0.2) is 23.3 Å². The van der Waals surface area contributed by atoms with Crippen LogP contribution in [0.5, 0.6) is 0 Å². The molecule has 0 aromatic heterocycles. The minimum absolute atomic E-state index is 0.0394. The molecule has 4 nitrogen and oxygen atoms in total. The van der Waals surface area contributed by atoms with Gasteiger partial charge in [0.15, 0.2) is 11.6 Å². The maximum atomic E-state index is 12.8. The van der Waals surface area contributed by atoms with Crippen LogP contribution in [-0.4, -0.2) is 28.1 Å². The number of rotatable bonds is 3. The van der Waals surface area contributed by atoms with Crippen molar-refractivity contribution in [1.82, 2.24) is 0 Å². The number of carbonyl (C=O) groups is 3. The highest BCUT2D eigenvalue weighted by molar-refractivity contribution is 6.02. The van der Waals surface area contributed by atoms with Gasteiger partial charge in [0.1, 0.15) is 11.4 Å². The molecule has 1 N–H and O–H groups in total. The monoisotopic (exact) mass is 370 g/mol.